The summed E-state index contributed by atoms with van der Waals surface area (Å²) < 4.78 is 0. The number of unbranched alkanes of at least 4 members (excludes halogenated alkanes) is 18. The second kappa shape index (κ2) is 27.3. The molecular formula is C38H64N2. The summed E-state index contributed by atoms with van der Waals surface area (Å²) in [4.78, 5) is 4.90. The van der Waals surface area contributed by atoms with E-state index in [9.17, 15) is 0 Å². The molecule has 0 spiro atoms. The van der Waals surface area contributed by atoms with Crippen LogP contribution in [0.1, 0.15) is 180 Å². The molecule has 0 saturated heterocycles. The Morgan fingerprint density at radius 2 is 1.00 bits per heavy atom. The lowest BCUT2D eigenvalue weighted by atomic mass is 10.0. The topological polar surface area (TPSA) is 36.2 Å². The number of nitrogens with one attached hydrogen (secondary N) is 1. The predicted octanol–water partition coefficient (Wildman–Crippen LogP) is 12.7. The van der Waals surface area contributed by atoms with Gasteiger partial charge >= 0.3 is 0 Å². The first kappa shape index (κ1) is 36.1. The van der Waals surface area contributed by atoms with Gasteiger partial charge in [-0.05, 0) is 62.6 Å². The highest BCUT2D eigenvalue weighted by atomic mass is 14.8. The zero-order valence-electron chi connectivity index (χ0n) is 26.9. The molecule has 1 aromatic carbocycles. The summed E-state index contributed by atoms with van der Waals surface area (Å²) in [6.45, 7) is 6.74. The van der Waals surface area contributed by atoms with Crippen molar-refractivity contribution in [3.05, 3.63) is 29.8 Å². The molecule has 0 fully saturated rings. The zero-order valence-corrected chi connectivity index (χ0v) is 26.9. The number of hydrogen-bond acceptors (Lipinski definition) is 2. The van der Waals surface area contributed by atoms with Gasteiger partial charge in [0.05, 0.1) is 17.1 Å². The van der Waals surface area contributed by atoms with Crippen molar-refractivity contribution in [1.29, 1.82) is 5.41 Å². The van der Waals surface area contributed by atoms with Gasteiger partial charge < -0.3 is 5.41 Å². The molecule has 0 aliphatic carbocycles. The van der Waals surface area contributed by atoms with Crippen LogP contribution in [0.25, 0.3) is 0 Å². The molecule has 1 aromatic rings. The van der Waals surface area contributed by atoms with E-state index in [0.29, 0.717) is 0 Å². The van der Waals surface area contributed by atoms with Crippen LogP contribution in [-0.2, 0) is 6.42 Å². The Hall–Kier alpha value is -1.88. The lowest BCUT2D eigenvalue weighted by Gasteiger charge is -2.09. The quantitative estimate of drug-likeness (QED) is 0.0679. The highest BCUT2D eigenvalue weighted by Gasteiger charge is 2.08. The number of aliphatic imine (C=N–C) groups is 1. The molecular weight excluding hydrogens is 484 g/mol. The summed E-state index contributed by atoms with van der Waals surface area (Å²) in [5.74, 6) is 6.80. The van der Waals surface area contributed by atoms with E-state index in [1.165, 1.54) is 115 Å². The van der Waals surface area contributed by atoms with Gasteiger partial charge in [-0.15, -0.1) is 11.8 Å². The second-order valence-electron chi connectivity index (χ2n) is 11.8. The average Bonchev–Trinajstić information content (AvgIpc) is 2.97. The van der Waals surface area contributed by atoms with E-state index in [2.05, 4.69) is 56.9 Å². The summed E-state index contributed by atoms with van der Waals surface area (Å²) in [7, 11) is 0. The molecule has 2 nitrogen and oxygen atoms in total. The molecule has 1 N–H and O–H groups in total. The Bertz CT molecular complexity index is 808. The number of rotatable bonds is 26. The second-order valence-corrected chi connectivity index (χ2v) is 11.8. The van der Waals surface area contributed by atoms with E-state index in [0.717, 1.165) is 68.5 Å². The standard InChI is InChI=1S/C38H64N2/c1-4-7-10-11-12-13-14-15-16-17-18-19-20-21-22-23-24-27-28-35-31-33-36(34-32-35)40-38(30-26-9-6-3)37(39)29-25-8-5-2/h31-34,39H,4-21,24-30H2,1-3H3. The van der Waals surface area contributed by atoms with Crippen molar-refractivity contribution in [3.8, 4) is 11.8 Å². The van der Waals surface area contributed by atoms with Gasteiger partial charge in [0.1, 0.15) is 0 Å². The van der Waals surface area contributed by atoms with E-state index < -0.39 is 0 Å². The van der Waals surface area contributed by atoms with Crippen LogP contribution in [-0.4, -0.2) is 11.4 Å². The minimum absolute atomic E-state index is 0.742. The van der Waals surface area contributed by atoms with E-state index >= 15 is 0 Å². The normalized spacial score (nSPS) is 11.4. The minimum Gasteiger partial charge on any atom is -0.303 e. The van der Waals surface area contributed by atoms with Crippen LogP contribution in [0.5, 0.6) is 0 Å². The van der Waals surface area contributed by atoms with Crippen LogP contribution in [0.2, 0.25) is 0 Å². The van der Waals surface area contributed by atoms with E-state index in [-0.39, 0.29) is 0 Å². The van der Waals surface area contributed by atoms with Crippen molar-refractivity contribution >= 4 is 17.1 Å². The molecule has 0 atom stereocenters. The van der Waals surface area contributed by atoms with Crippen molar-refractivity contribution in [1.82, 2.24) is 0 Å². The largest absolute Gasteiger partial charge is 0.303 e. The van der Waals surface area contributed by atoms with Crippen LogP contribution < -0.4 is 0 Å². The van der Waals surface area contributed by atoms with Crippen LogP contribution in [0.4, 0.5) is 5.69 Å². The fourth-order valence-electron chi connectivity index (χ4n) is 5.19. The number of benzene rings is 1. The Kier molecular flexibility index (Phi) is 24.7. The van der Waals surface area contributed by atoms with Crippen LogP contribution in [0.3, 0.4) is 0 Å². The van der Waals surface area contributed by atoms with Gasteiger partial charge in [-0.2, -0.15) is 0 Å². The van der Waals surface area contributed by atoms with Crippen molar-refractivity contribution in [2.75, 3.05) is 0 Å². The molecule has 0 aliphatic heterocycles. The maximum atomic E-state index is 8.56. The fourth-order valence-corrected chi connectivity index (χ4v) is 5.19. The molecule has 0 radical (unpaired) electrons. The maximum Gasteiger partial charge on any atom is 0.0633 e. The Labute approximate surface area is 250 Å². The summed E-state index contributed by atoms with van der Waals surface area (Å²) in [6.07, 6.45) is 31.4. The van der Waals surface area contributed by atoms with E-state index in [1.54, 1.807) is 0 Å². The smallest absolute Gasteiger partial charge is 0.0633 e. The third-order valence-corrected chi connectivity index (χ3v) is 7.89. The molecule has 0 amide bonds. The summed E-state index contributed by atoms with van der Waals surface area (Å²) >= 11 is 0. The van der Waals surface area contributed by atoms with Crippen LogP contribution in [0.15, 0.2) is 29.3 Å². The molecule has 2 heteroatoms. The first-order valence-corrected chi connectivity index (χ1v) is 17.4. The van der Waals surface area contributed by atoms with Crippen molar-refractivity contribution in [2.24, 2.45) is 4.99 Å². The Morgan fingerprint density at radius 1 is 0.550 bits per heavy atom. The average molecular weight is 549 g/mol. The summed E-state index contributed by atoms with van der Waals surface area (Å²) in [6, 6.07) is 8.69. The van der Waals surface area contributed by atoms with Gasteiger partial charge in [-0.3, -0.25) is 4.99 Å². The first-order chi connectivity index (χ1) is 19.7. The monoisotopic (exact) mass is 549 g/mol. The highest BCUT2D eigenvalue weighted by molar-refractivity contribution is 6.41. The van der Waals surface area contributed by atoms with E-state index in [4.69, 9.17) is 10.4 Å². The Balaban J connectivity index is 2.18. The lowest BCUT2D eigenvalue weighted by Crippen LogP contribution is -2.13. The molecule has 40 heavy (non-hydrogen) atoms. The molecule has 0 saturated carbocycles. The van der Waals surface area contributed by atoms with Gasteiger partial charge in [-0.1, -0.05) is 136 Å². The summed E-state index contributed by atoms with van der Waals surface area (Å²) in [5, 5.41) is 8.56. The lowest BCUT2D eigenvalue weighted by molar-refractivity contribution is 0.540. The first-order valence-electron chi connectivity index (χ1n) is 17.4. The van der Waals surface area contributed by atoms with Crippen molar-refractivity contribution < 1.29 is 0 Å². The molecule has 0 unspecified atom stereocenters. The van der Waals surface area contributed by atoms with Gasteiger partial charge in [0.2, 0.25) is 0 Å². The highest BCUT2D eigenvalue weighted by Crippen LogP contribution is 2.18. The molecule has 1 rings (SSSR count). The fraction of sp³-hybridized carbons (Fsp3) is 0.737. The molecule has 0 heterocycles. The number of hydrogen-bond donors (Lipinski definition) is 1. The van der Waals surface area contributed by atoms with Gasteiger partial charge in [0.25, 0.3) is 0 Å². The molecule has 226 valence electrons. The zero-order chi connectivity index (χ0) is 28.9. The molecule has 0 aliphatic rings. The van der Waals surface area contributed by atoms with Gasteiger partial charge in [0.15, 0.2) is 0 Å². The molecule has 0 bridgehead atoms. The summed E-state index contributed by atoms with van der Waals surface area (Å²) in [5.41, 5.74) is 4.10. The third kappa shape index (κ3) is 20.9. The van der Waals surface area contributed by atoms with Crippen molar-refractivity contribution in [3.63, 3.8) is 0 Å². The number of nitrogens with zero attached hydrogens (tertiary/aromatic N) is 1. The van der Waals surface area contributed by atoms with Crippen molar-refractivity contribution in [2.45, 2.75) is 181 Å². The van der Waals surface area contributed by atoms with Crippen LogP contribution >= 0.6 is 0 Å². The minimum atomic E-state index is 0.742. The molecule has 0 aromatic heterocycles. The Morgan fingerprint density at radius 3 is 1.55 bits per heavy atom. The predicted molar refractivity (Wildman–Crippen MR) is 181 cm³/mol. The van der Waals surface area contributed by atoms with E-state index in [1.807, 2.05) is 0 Å². The third-order valence-electron chi connectivity index (χ3n) is 7.89. The SMILES string of the molecule is CCCCCCCCCCCCCCCC#CCCCc1ccc(N=C(CCCCC)C(=N)CCCCC)cc1. The maximum absolute atomic E-state index is 8.56. The number of aryl methyl sites for hydroxylation is 1. The van der Waals surface area contributed by atoms with Gasteiger partial charge in [-0.25, -0.2) is 0 Å². The van der Waals surface area contributed by atoms with Crippen LogP contribution in [0, 0.1) is 17.3 Å². The van der Waals surface area contributed by atoms with Gasteiger partial charge in [0, 0.05) is 12.8 Å².